The highest BCUT2D eigenvalue weighted by Gasteiger charge is 2.45. The molecule has 3 nitrogen and oxygen atoms in total. The summed E-state index contributed by atoms with van der Waals surface area (Å²) in [6, 6.07) is 3.50. The Morgan fingerprint density at radius 1 is 1.62 bits per heavy atom. The fourth-order valence-electron chi connectivity index (χ4n) is 1.77. The summed E-state index contributed by atoms with van der Waals surface area (Å²) in [5, 5.41) is 0. The van der Waals surface area contributed by atoms with Crippen molar-refractivity contribution < 1.29 is 13.9 Å². The van der Waals surface area contributed by atoms with E-state index < -0.39 is 6.67 Å². The Labute approximate surface area is 93.6 Å². The molecule has 0 aromatic carbocycles. The molecule has 0 amide bonds. The second-order valence-corrected chi connectivity index (χ2v) is 3.93. The molecule has 1 aliphatic rings. The Morgan fingerprint density at radius 2 is 2.44 bits per heavy atom. The molecule has 0 unspecified atom stereocenters. The highest BCUT2D eigenvalue weighted by atomic mass is 19.1. The Morgan fingerprint density at radius 3 is 3.00 bits per heavy atom. The first kappa shape index (κ1) is 11.0. The molecule has 1 aliphatic carbocycles. The smallest absolute Gasteiger partial charge is 0.309 e. The monoisotopic (exact) mass is 223 g/mol. The minimum absolute atomic E-state index is 0.0522. The second kappa shape index (κ2) is 4.60. The lowest BCUT2D eigenvalue weighted by atomic mass is 10.2. The van der Waals surface area contributed by atoms with Crippen LogP contribution >= 0.6 is 0 Å². The zero-order chi connectivity index (χ0) is 11.5. The molecule has 1 saturated carbocycles. The van der Waals surface area contributed by atoms with Crippen LogP contribution in [0.15, 0.2) is 18.3 Å². The van der Waals surface area contributed by atoms with Crippen molar-refractivity contribution in [2.24, 2.45) is 5.92 Å². The van der Waals surface area contributed by atoms with Crippen molar-refractivity contribution in [1.29, 1.82) is 0 Å². The van der Waals surface area contributed by atoms with E-state index >= 15 is 0 Å². The third-order valence-electron chi connectivity index (χ3n) is 2.76. The van der Waals surface area contributed by atoms with Crippen LogP contribution in [-0.2, 0) is 16.2 Å². The van der Waals surface area contributed by atoms with Crippen LogP contribution in [0.5, 0.6) is 0 Å². The van der Waals surface area contributed by atoms with Crippen LogP contribution in [0, 0.1) is 5.92 Å². The zero-order valence-corrected chi connectivity index (χ0v) is 9.15. The van der Waals surface area contributed by atoms with Crippen LogP contribution in [0.1, 0.15) is 30.5 Å². The Bertz CT molecular complexity index is 377. The molecule has 86 valence electrons. The molecule has 1 aromatic heterocycles. The average molecular weight is 223 g/mol. The molecule has 0 bridgehead atoms. The number of alkyl halides is 1. The van der Waals surface area contributed by atoms with Crippen molar-refractivity contribution in [3.63, 3.8) is 0 Å². The summed E-state index contributed by atoms with van der Waals surface area (Å²) in [5.74, 6) is -0.0414. The van der Waals surface area contributed by atoms with Crippen molar-refractivity contribution in [2.45, 2.75) is 25.9 Å². The maximum Gasteiger partial charge on any atom is 0.309 e. The van der Waals surface area contributed by atoms with Crippen LogP contribution in [0.4, 0.5) is 4.39 Å². The molecule has 2 atom stereocenters. The number of hydrogen-bond donors (Lipinski definition) is 0. The summed E-state index contributed by atoms with van der Waals surface area (Å²) in [4.78, 5) is 15.6. The van der Waals surface area contributed by atoms with Gasteiger partial charge in [0.2, 0.25) is 0 Å². The highest BCUT2D eigenvalue weighted by molar-refractivity contribution is 5.77. The lowest BCUT2D eigenvalue weighted by Crippen LogP contribution is -2.07. The van der Waals surface area contributed by atoms with Gasteiger partial charge in [0.1, 0.15) is 6.67 Å². The van der Waals surface area contributed by atoms with E-state index in [-0.39, 0.29) is 17.8 Å². The predicted octanol–water partition coefficient (Wildman–Crippen LogP) is 2.22. The normalized spacial score (nSPS) is 22.9. The minimum Gasteiger partial charge on any atom is -0.466 e. The van der Waals surface area contributed by atoms with Gasteiger partial charge in [0.05, 0.1) is 12.5 Å². The van der Waals surface area contributed by atoms with E-state index in [2.05, 4.69) is 4.98 Å². The second-order valence-electron chi connectivity index (χ2n) is 3.93. The van der Waals surface area contributed by atoms with Gasteiger partial charge in [-0.2, -0.15) is 0 Å². The quantitative estimate of drug-likeness (QED) is 0.735. The number of esters is 1. The number of ether oxygens (including phenoxy) is 1. The summed E-state index contributed by atoms with van der Waals surface area (Å²) >= 11 is 0. The van der Waals surface area contributed by atoms with Crippen LogP contribution < -0.4 is 0 Å². The molecule has 0 spiro atoms. The average Bonchev–Trinajstić information content (AvgIpc) is 3.09. The molecular weight excluding hydrogens is 209 g/mol. The molecule has 1 aromatic rings. The Kier molecular flexibility index (Phi) is 3.17. The lowest BCUT2D eigenvalue weighted by molar-refractivity contribution is -0.144. The molecule has 1 fully saturated rings. The molecule has 1 heterocycles. The van der Waals surface area contributed by atoms with Gasteiger partial charge in [0.15, 0.2) is 0 Å². The van der Waals surface area contributed by atoms with E-state index in [9.17, 15) is 9.18 Å². The molecular formula is C12H14FNO2. The van der Waals surface area contributed by atoms with E-state index in [1.165, 1.54) is 6.20 Å². The Hall–Kier alpha value is -1.45. The van der Waals surface area contributed by atoms with Gasteiger partial charge in [-0.15, -0.1) is 0 Å². The number of rotatable bonds is 4. The van der Waals surface area contributed by atoms with Crippen LogP contribution in [0.25, 0.3) is 0 Å². The van der Waals surface area contributed by atoms with E-state index in [1.807, 2.05) is 0 Å². The van der Waals surface area contributed by atoms with Crippen LogP contribution in [0.3, 0.4) is 0 Å². The number of aromatic nitrogens is 1. The zero-order valence-electron chi connectivity index (χ0n) is 9.15. The van der Waals surface area contributed by atoms with Gasteiger partial charge in [0.25, 0.3) is 0 Å². The molecule has 0 aliphatic heterocycles. The van der Waals surface area contributed by atoms with Gasteiger partial charge in [-0.05, 0) is 19.4 Å². The van der Waals surface area contributed by atoms with Crippen molar-refractivity contribution in [3.8, 4) is 0 Å². The maximum absolute atomic E-state index is 12.3. The summed E-state index contributed by atoms with van der Waals surface area (Å²) < 4.78 is 17.2. The van der Waals surface area contributed by atoms with Crippen LogP contribution in [-0.4, -0.2) is 17.6 Å². The summed E-state index contributed by atoms with van der Waals surface area (Å²) in [5.41, 5.74) is 1.42. The largest absolute Gasteiger partial charge is 0.466 e. The van der Waals surface area contributed by atoms with Crippen molar-refractivity contribution >= 4 is 5.97 Å². The predicted molar refractivity (Wildman–Crippen MR) is 56.5 cm³/mol. The maximum atomic E-state index is 12.3. The Balaban J connectivity index is 1.97. The third-order valence-corrected chi connectivity index (χ3v) is 2.76. The first-order valence-corrected chi connectivity index (χ1v) is 5.43. The van der Waals surface area contributed by atoms with Crippen molar-refractivity contribution in [3.05, 3.63) is 29.6 Å². The number of carbonyl (C=O) groups excluding carboxylic acids is 1. The number of nitrogens with zero attached hydrogens (tertiary/aromatic N) is 1. The lowest BCUT2D eigenvalue weighted by Gasteiger charge is -2.01. The number of carbonyl (C=O) groups is 1. The van der Waals surface area contributed by atoms with Gasteiger partial charge in [-0.3, -0.25) is 9.78 Å². The molecule has 0 N–H and O–H groups in total. The summed E-state index contributed by atoms with van der Waals surface area (Å²) in [6.45, 7) is 1.71. The van der Waals surface area contributed by atoms with Gasteiger partial charge in [0, 0.05) is 23.4 Å². The molecule has 2 rings (SSSR count). The topological polar surface area (TPSA) is 39.2 Å². The number of halogens is 1. The SMILES string of the molecule is CCOC(=O)[C@H]1C[C@H]1c1ccc(CF)cn1. The van der Waals surface area contributed by atoms with Crippen molar-refractivity contribution in [2.75, 3.05) is 6.61 Å². The first-order valence-electron chi connectivity index (χ1n) is 5.43. The number of hydrogen-bond acceptors (Lipinski definition) is 3. The van der Waals surface area contributed by atoms with Gasteiger partial charge in [-0.1, -0.05) is 6.07 Å². The van der Waals surface area contributed by atoms with Crippen molar-refractivity contribution in [1.82, 2.24) is 4.98 Å². The first-order chi connectivity index (χ1) is 7.76. The van der Waals surface area contributed by atoms with Crippen LogP contribution in [0.2, 0.25) is 0 Å². The standard InChI is InChI=1S/C12H14FNO2/c1-2-16-12(15)10-5-9(10)11-4-3-8(6-13)7-14-11/h3-4,7,9-10H,2,5-6H2,1H3/t9-,10+/m1/s1. The fourth-order valence-corrected chi connectivity index (χ4v) is 1.77. The van der Waals surface area contributed by atoms with Gasteiger partial charge < -0.3 is 4.74 Å². The van der Waals surface area contributed by atoms with Gasteiger partial charge in [-0.25, -0.2) is 4.39 Å². The molecule has 16 heavy (non-hydrogen) atoms. The molecule has 4 heteroatoms. The van der Waals surface area contributed by atoms with Gasteiger partial charge >= 0.3 is 5.97 Å². The summed E-state index contributed by atoms with van der Waals surface area (Å²) in [6.07, 6.45) is 2.32. The van der Waals surface area contributed by atoms with E-state index in [0.717, 1.165) is 12.1 Å². The van der Waals surface area contributed by atoms with E-state index in [1.54, 1.807) is 19.1 Å². The molecule has 0 radical (unpaired) electrons. The third kappa shape index (κ3) is 2.21. The minimum atomic E-state index is -0.501. The van der Waals surface area contributed by atoms with E-state index in [4.69, 9.17) is 4.74 Å². The summed E-state index contributed by atoms with van der Waals surface area (Å²) in [7, 11) is 0. The van der Waals surface area contributed by atoms with E-state index in [0.29, 0.717) is 12.2 Å². The highest BCUT2D eigenvalue weighted by Crippen LogP contribution is 2.47. The number of pyridine rings is 1. The molecule has 0 saturated heterocycles. The fraction of sp³-hybridized carbons (Fsp3) is 0.500.